The number of anilines is 1. The largest absolute Gasteiger partial charge is 0.496 e. The summed E-state index contributed by atoms with van der Waals surface area (Å²) in [4.78, 5) is 9.04. The Hall–Kier alpha value is -2.11. The summed E-state index contributed by atoms with van der Waals surface area (Å²) in [6, 6.07) is 12.3. The van der Waals surface area contributed by atoms with Crippen molar-refractivity contribution in [1.82, 2.24) is 9.88 Å². The van der Waals surface area contributed by atoms with E-state index in [1.54, 1.807) is 7.11 Å². The fourth-order valence-electron chi connectivity index (χ4n) is 3.31. The van der Waals surface area contributed by atoms with Crippen LogP contribution in [0.2, 0.25) is 0 Å². The Morgan fingerprint density at radius 2 is 2.08 bits per heavy atom. The van der Waals surface area contributed by atoms with Crippen LogP contribution >= 0.6 is 0 Å². The van der Waals surface area contributed by atoms with E-state index in [4.69, 9.17) is 4.74 Å². The number of methoxy groups -OCH3 is 1. The molecule has 2 heterocycles. The van der Waals surface area contributed by atoms with Gasteiger partial charge in [-0.25, -0.2) is 4.98 Å². The van der Waals surface area contributed by atoms with Gasteiger partial charge in [0.15, 0.2) is 0 Å². The van der Waals surface area contributed by atoms with Crippen LogP contribution in [0.3, 0.4) is 0 Å². The highest BCUT2D eigenvalue weighted by molar-refractivity contribution is 5.47. The van der Waals surface area contributed by atoms with E-state index in [-0.39, 0.29) is 12.6 Å². The summed E-state index contributed by atoms with van der Waals surface area (Å²) in [6.45, 7) is 2.71. The molecule has 1 unspecified atom stereocenters. The molecule has 0 bridgehead atoms. The highest BCUT2D eigenvalue weighted by atomic mass is 16.5. The summed E-state index contributed by atoms with van der Waals surface area (Å²) >= 11 is 0. The number of fused-ring (bicyclic) bond motifs is 1. The zero-order valence-electron chi connectivity index (χ0n) is 14.4. The number of hydrogen-bond acceptors (Lipinski definition) is 5. The lowest BCUT2D eigenvalue weighted by atomic mass is 10.1. The molecule has 2 aromatic rings. The van der Waals surface area contributed by atoms with Gasteiger partial charge in [0.25, 0.3) is 0 Å². The molecule has 1 N–H and O–H groups in total. The molecule has 0 fully saturated rings. The molecule has 0 spiro atoms. The first kappa shape index (κ1) is 16.7. The molecule has 1 aliphatic heterocycles. The molecule has 24 heavy (non-hydrogen) atoms. The summed E-state index contributed by atoms with van der Waals surface area (Å²) in [6.07, 6.45) is 2.72. The summed E-state index contributed by atoms with van der Waals surface area (Å²) in [5.74, 6) is 1.88. The predicted octanol–water partition coefficient (Wildman–Crippen LogP) is 2.29. The zero-order chi connectivity index (χ0) is 16.9. The summed E-state index contributed by atoms with van der Waals surface area (Å²) < 4.78 is 5.48. The molecular weight excluding hydrogens is 302 g/mol. The molecule has 1 aromatic carbocycles. The maximum atomic E-state index is 9.75. The van der Waals surface area contributed by atoms with Gasteiger partial charge in [-0.3, -0.25) is 4.90 Å². The Morgan fingerprint density at radius 3 is 2.88 bits per heavy atom. The molecule has 0 amide bonds. The minimum absolute atomic E-state index is 0.0825. The summed E-state index contributed by atoms with van der Waals surface area (Å²) in [5.41, 5.74) is 2.37. The van der Waals surface area contributed by atoms with E-state index in [2.05, 4.69) is 26.9 Å². The van der Waals surface area contributed by atoms with E-state index < -0.39 is 0 Å². The number of benzene rings is 1. The molecular formula is C19H25N3O2. The van der Waals surface area contributed by atoms with Crippen molar-refractivity contribution >= 4 is 5.82 Å². The van der Waals surface area contributed by atoms with Gasteiger partial charge >= 0.3 is 0 Å². The lowest BCUT2D eigenvalue weighted by Gasteiger charge is -2.35. The maximum Gasteiger partial charge on any atom is 0.133 e. The Morgan fingerprint density at radius 1 is 1.25 bits per heavy atom. The normalized spacial score (nSPS) is 18.6. The third kappa shape index (κ3) is 3.52. The predicted molar refractivity (Wildman–Crippen MR) is 95.2 cm³/mol. The van der Waals surface area contributed by atoms with E-state index in [9.17, 15) is 5.11 Å². The monoisotopic (exact) mass is 327 g/mol. The van der Waals surface area contributed by atoms with Crippen molar-refractivity contribution in [3.8, 4) is 5.75 Å². The number of hydrogen-bond donors (Lipinski definition) is 1. The second kappa shape index (κ2) is 7.64. The van der Waals surface area contributed by atoms with Crippen LogP contribution in [-0.2, 0) is 13.1 Å². The van der Waals surface area contributed by atoms with Crippen LogP contribution in [-0.4, -0.2) is 48.3 Å². The SMILES string of the molecule is COc1ccccc1CN1CCC(CO)N(C)c2ncccc2C1. The number of likely N-dealkylation sites (N-methyl/N-ethyl adjacent to an activating group) is 1. The van der Waals surface area contributed by atoms with Crippen LogP contribution in [0.1, 0.15) is 17.5 Å². The third-order valence-corrected chi connectivity index (χ3v) is 4.72. The van der Waals surface area contributed by atoms with Crippen LogP contribution in [0.4, 0.5) is 5.82 Å². The van der Waals surface area contributed by atoms with Crippen molar-refractivity contribution in [3.05, 3.63) is 53.7 Å². The van der Waals surface area contributed by atoms with E-state index in [1.165, 1.54) is 11.1 Å². The van der Waals surface area contributed by atoms with Gasteiger partial charge in [-0.2, -0.15) is 0 Å². The van der Waals surface area contributed by atoms with Crippen LogP contribution in [0.5, 0.6) is 5.75 Å². The second-order valence-corrected chi connectivity index (χ2v) is 6.24. The molecule has 1 atom stereocenters. The van der Waals surface area contributed by atoms with E-state index in [0.29, 0.717) is 0 Å². The lowest BCUT2D eigenvalue weighted by molar-refractivity contribution is 0.204. The van der Waals surface area contributed by atoms with E-state index in [1.807, 2.05) is 37.5 Å². The number of aliphatic hydroxyl groups excluding tert-OH is 1. The number of pyridine rings is 1. The minimum atomic E-state index is 0.0825. The van der Waals surface area contributed by atoms with Crippen molar-refractivity contribution < 1.29 is 9.84 Å². The molecule has 5 nitrogen and oxygen atoms in total. The van der Waals surface area contributed by atoms with Gasteiger partial charge < -0.3 is 14.7 Å². The number of rotatable bonds is 4. The fraction of sp³-hybridized carbons (Fsp3) is 0.421. The molecule has 0 saturated heterocycles. The number of aromatic nitrogens is 1. The molecule has 3 rings (SSSR count). The van der Waals surface area contributed by atoms with E-state index in [0.717, 1.165) is 37.6 Å². The number of para-hydroxylation sites is 1. The Bertz CT molecular complexity index is 677. The Balaban J connectivity index is 1.87. The van der Waals surface area contributed by atoms with Gasteiger partial charge in [0.2, 0.25) is 0 Å². The lowest BCUT2D eigenvalue weighted by Crippen LogP contribution is -2.41. The smallest absolute Gasteiger partial charge is 0.133 e. The van der Waals surface area contributed by atoms with Crippen molar-refractivity contribution in [2.75, 3.05) is 32.2 Å². The molecule has 1 aliphatic rings. The number of ether oxygens (including phenoxy) is 1. The van der Waals surface area contributed by atoms with Crippen LogP contribution in [0.25, 0.3) is 0 Å². The molecule has 128 valence electrons. The van der Waals surface area contributed by atoms with Crippen molar-refractivity contribution in [2.24, 2.45) is 0 Å². The fourth-order valence-corrected chi connectivity index (χ4v) is 3.31. The summed E-state index contributed by atoms with van der Waals surface area (Å²) in [7, 11) is 3.73. The minimum Gasteiger partial charge on any atom is -0.496 e. The molecule has 0 radical (unpaired) electrons. The average Bonchev–Trinajstić information content (AvgIpc) is 2.61. The second-order valence-electron chi connectivity index (χ2n) is 6.24. The van der Waals surface area contributed by atoms with Gasteiger partial charge in [0.1, 0.15) is 11.6 Å². The van der Waals surface area contributed by atoms with Crippen molar-refractivity contribution in [1.29, 1.82) is 0 Å². The molecule has 0 aliphatic carbocycles. The molecule has 0 saturated carbocycles. The summed E-state index contributed by atoms with van der Waals surface area (Å²) in [5, 5.41) is 9.75. The van der Waals surface area contributed by atoms with Gasteiger partial charge in [-0.1, -0.05) is 24.3 Å². The van der Waals surface area contributed by atoms with Crippen molar-refractivity contribution in [3.63, 3.8) is 0 Å². The van der Waals surface area contributed by atoms with Gasteiger partial charge in [-0.15, -0.1) is 0 Å². The first-order chi connectivity index (χ1) is 11.7. The Labute approximate surface area is 143 Å². The standard InChI is InChI=1S/C19H25N3O2/c1-21-17(14-23)9-11-22(13-16-7-5-10-20-19(16)21)12-15-6-3-4-8-18(15)24-2/h3-8,10,17,23H,9,11-14H2,1-2H3. The van der Waals surface area contributed by atoms with Crippen molar-refractivity contribution in [2.45, 2.75) is 25.6 Å². The maximum absolute atomic E-state index is 9.75. The number of aliphatic hydroxyl groups is 1. The average molecular weight is 327 g/mol. The Kier molecular flexibility index (Phi) is 5.33. The van der Waals surface area contributed by atoms with Gasteiger partial charge in [-0.05, 0) is 18.6 Å². The zero-order valence-corrected chi connectivity index (χ0v) is 14.4. The van der Waals surface area contributed by atoms with Crippen LogP contribution in [0, 0.1) is 0 Å². The quantitative estimate of drug-likeness (QED) is 0.934. The molecule has 5 heteroatoms. The van der Waals surface area contributed by atoms with Gasteiger partial charge in [0, 0.05) is 44.0 Å². The number of nitrogens with zero attached hydrogens (tertiary/aromatic N) is 3. The molecule has 1 aromatic heterocycles. The van der Waals surface area contributed by atoms with Crippen LogP contribution < -0.4 is 9.64 Å². The van der Waals surface area contributed by atoms with Crippen LogP contribution in [0.15, 0.2) is 42.6 Å². The first-order valence-electron chi connectivity index (χ1n) is 8.34. The van der Waals surface area contributed by atoms with E-state index >= 15 is 0 Å². The highest BCUT2D eigenvalue weighted by Crippen LogP contribution is 2.26. The van der Waals surface area contributed by atoms with Gasteiger partial charge in [0.05, 0.1) is 19.8 Å². The highest BCUT2D eigenvalue weighted by Gasteiger charge is 2.23. The third-order valence-electron chi connectivity index (χ3n) is 4.72. The first-order valence-corrected chi connectivity index (χ1v) is 8.34. The topological polar surface area (TPSA) is 48.8 Å².